The Bertz CT molecular complexity index is 815. The molecule has 0 saturated heterocycles. The normalized spacial score (nSPS) is 10.0. The summed E-state index contributed by atoms with van der Waals surface area (Å²) < 4.78 is 10.7. The number of hydrogen-bond donors (Lipinski definition) is 3. The Morgan fingerprint density at radius 2 is 1.96 bits per heavy atom. The number of carbonyl (C=O) groups is 2. The number of ether oxygens (including phenoxy) is 1. The molecule has 1 heterocycles. The van der Waals surface area contributed by atoms with Crippen molar-refractivity contribution in [2.75, 3.05) is 6.61 Å². The lowest BCUT2D eigenvalue weighted by Gasteiger charge is -2.11. The van der Waals surface area contributed by atoms with E-state index < -0.39 is 11.8 Å². The summed E-state index contributed by atoms with van der Waals surface area (Å²) in [5, 5.41) is 2.94. The third-order valence-electron chi connectivity index (χ3n) is 2.59. The topological polar surface area (TPSA) is 92.6 Å². The fourth-order valence-corrected chi connectivity index (χ4v) is 2.44. The molecule has 2 amide bonds. The zero-order valence-corrected chi connectivity index (χ0v) is 16.2. The minimum atomic E-state index is -0.568. The van der Waals surface area contributed by atoms with E-state index in [4.69, 9.17) is 44.6 Å². The molecule has 0 aliphatic heterocycles. The predicted octanol–water partition coefficient (Wildman–Crippen LogP) is 3.06. The van der Waals surface area contributed by atoms with Crippen LogP contribution in [0.1, 0.15) is 10.6 Å². The van der Waals surface area contributed by atoms with E-state index in [0.717, 1.165) is 0 Å². The minimum Gasteiger partial charge on any atom is -0.482 e. The molecule has 25 heavy (non-hydrogen) atoms. The lowest BCUT2D eigenvalue weighted by Crippen LogP contribution is -2.49. The predicted molar refractivity (Wildman–Crippen MR) is 99.7 cm³/mol. The molecule has 2 rings (SSSR count). The van der Waals surface area contributed by atoms with Gasteiger partial charge >= 0.3 is 0 Å². The quantitative estimate of drug-likeness (QED) is 0.473. The van der Waals surface area contributed by atoms with Gasteiger partial charge in [0.25, 0.3) is 11.8 Å². The van der Waals surface area contributed by atoms with E-state index in [2.05, 4.69) is 32.1 Å². The number of hydrazine groups is 1. The third kappa shape index (κ3) is 6.20. The van der Waals surface area contributed by atoms with E-state index in [0.29, 0.717) is 15.4 Å². The molecule has 0 radical (unpaired) electrons. The SMILES string of the molecule is O=C(COc1ccc(Cl)cc1Cl)NNC(=S)NC(=O)c1ccc(Br)o1. The minimum absolute atomic E-state index is 0.0584. The van der Waals surface area contributed by atoms with Crippen molar-refractivity contribution in [2.45, 2.75) is 0 Å². The Labute approximate surface area is 166 Å². The number of amides is 2. The van der Waals surface area contributed by atoms with Crippen LogP contribution < -0.4 is 20.9 Å². The number of furan rings is 1. The van der Waals surface area contributed by atoms with Gasteiger partial charge in [0.15, 0.2) is 22.1 Å². The monoisotopic (exact) mass is 465 g/mol. The largest absolute Gasteiger partial charge is 0.482 e. The second kappa shape index (κ2) is 9.04. The molecule has 0 unspecified atom stereocenters. The lowest BCUT2D eigenvalue weighted by molar-refractivity contribution is -0.123. The molecule has 7 nitrogen and oxygen atoms in total. The molecular formula is C14H10BrCl2N3O4S. The van der Waals surface area contributed by atoms with Gasteiger partial charge in [-0.3, -0.25) is 25.8 Å². The molecule has 0 saturated carbocycles. The first kappa shape index (κ1) is 19.5. The highest BCUT2D eigenvalue weighted by Crippen LogP contribution is 2.27. The molecule has 0 aliphatic carbocycles. The Kier molecular flexibility index (Phi) is 7.06. The first-order valence-corrected chi connectivity index (χ1v) is 8.54. The van der Waals surface area contributed by atoms with Crippen molar-refractivity contribution in [1.29, 1.82) is 0 Å². The van der Waals surface area contributed by atoms with Gasteiger partial charge in [0.2, 0.25) is 0 Å². The molecule has 0 fully saturated rings. The molecule has 0 aliphatic rings. The van der Waals surface area contributed by atoms with Crippen LogP contribution in [0, 0.1) is 0 Å². The number of nitrogens with one attached hydrogen (secondary N) is 3. The van der Waals surface area contributed by atoms with Gasteiger partial charge < -0.3 is 9.15 Å². The average molecular weight is 467 g/mol. The summed E-state index contributed by atoms with van der Waals surface area (Å²) in [4.78, 5) is 23.5. The molecular weight excluding hydrogens is 457 g/mol. The number of rotatable bonds is 4. The summed E-state index contributed by atoms with van der Waals surface area (Å²) in [6, 6.07) is 7.64. The van der Waals surface area contributed by atoms with Gasteiger partial charge in [-0.1, -0.05) is 23.2 Å². The van der Waals surface area contributed by atoms with Crippen LogP contribution in [-0.2, 0) is 4.79 Å². The number of thiocarbonyl (C=S) groups is 1. The van der Waals surface area contributed by atoms with E-state index >= 15 is 0 Å². The molecule has 2 aromatic rings. The fraction of sp³-hybridized carbons (Fsp3) is 0.0714. The van der Waals surface area contributed by atoms with Crippen molar-refractivity contribution >= 4 is 68.3 Å². The van der Waals surface area contributed by atoms with Gasteiger partial charge in [0, 0.05) is 5.02 Å². The number of halogens is 3. The molecule has 0 atom stereocenters. The Balaban J connectivity index is 1.73. The van der Waals surface area contributed by atoms with Crippen LogP contribution in [0.4, 0.5) is 0 Å². The van der Waals surface area contributed by atoms with Gasteiger partial charge in [0.1, 0.15) is 5.75 Å². The lowest BCUT2D eigenvalue weighted by atomic mass is 10.3. The third-order valence-corrected chi connectivity index (χ3v) is 3.75. The average Bonchev–Trinajstić information content (AvgIpc) is 2.99. The zero-order chi connectivity index (χ0) is 18.4. The summed E-state index contributed by atoms with van der Waals surface area (Å²) in [6.07, 6.45) is 0. The standard InChI is InChI=1S/C14H10BrCl2N3O4S/c15-11-4-3-10(24-11)13(22)18-14(25)20-19-12(21)6-23-9-2-1-7(16)5-8(9)17/h1-5H,6H2,(H,19,21)(H2,18,20,22,25). The first-order chi connectivity index (χ1) is 11.8. The molecule has 0 bridgehead atoms. The van der Waals surface area contributed by atoms with Crippen molar-refractivity contribution in [3.8, 4) is 5.75 Å². The Morgan fingerprint density at radius 3 is 2.60 bits per heavy atom. The van der Waals surface area contributed by atoms with Crippen molar-refractivity contribution in [3.63, 3.8) is 0 Å². The maximum absolute atomic E-state index is 11.8. The van der Waals surface area contributed by atoms with Crippen LogP contribution in [0.25, 0.3) is 0 Å². The van der Waals surface area contributed by atoms with Crippen LogP contribution in [-0.4, -0.2) is 23.5 Å². The highest BCUT2D eigenvalue weighted by molar-refractivity contribution is 9.10. The number of hydrogen-bond acceptors (Lipinski definition) is 5. The summed E-state index contributed by atoms with van der Waals surface area (Å²) in [6.45, 7) is -0.323. The van der Waals surface area contributed by atoms with Crippen molar-refractivity contribution in [3.05, 3.63) is 50.8 Å². The second-order valence-electron chi connectivity index (χ2n) is 4.42. The van der Waals surface area contributed by atoms with Crippen LogP contribution in [0.15, 0.2) is 39.4 Å². The van der Waals surface area contributed by atoms with E-state index in [-0.39, 0.29) is 22.5 Å². The van der Waals surface area contributed by atoms with Gasteiger partial charge in [-0.25, -0.2) is 0 Å². The van der Waals surface area contributed by atoms with Crippen molar-refractivity contribution < 1.29 is 18.7 Å². The summed E-state index contributed by atoms with van der Waals surface area (Å²) >= 11 is 19.6. The van der Waals surface area contributed by atoms with E-state index in [1.807, 2.05) is 0 Å². The highest BCUT2D eigenvalue weighted by atomic mass is 79.9. The Hall–Kier alpha value is -1.81. The van der Waals surface area contributed by atoms with Gasteiger partial charge in [-0.15, -0.1) is 0 Å². The van der Waals surface area contributed by atoms with E-state index in [9.17, 15) is 9.59 Å². The molecule has 132 valence electrons. The van der Waals surface area contributed by atoms with Crippen LogP contribution >= 0.6 is 51.3 Å². The van der Waals surface area contributed by atoms with Crippen molar-refractivity contribution in [2.24, 2.45) is 0 Å². The molecule has 11 heteroatoms. The summed E-state index contributed by atoms with van der Waals surface area (Å²) in [5.41, 5.74) is 4.63. The van der Waals surface area contributed by atoms with Gasteiger partial charge in [0.05, 0.1) is 5.02 Å². The number of carbonyl (C=O) groups excluding carboxylic acids is 2. The van der Waals surface area contributed by atoms with Gasteiger partial charge in [-0.05, 0) is 58.5 Å². The van der Waals surface area contributed by atoms with Crippen LogP contribution in [0.5, 0.6) is 5.75 Å². The fourth-order valence-electron chi connectivity index (χ4n) is 1.53. The van der Waals surface area contributed by atoms with Crippen LogP contribution in [0.2, 0.25) is 10.0 Å². The number of benzene rings is 1. The van der Waals surface area contributed by atoms with Crippen molar-refractivity contribution in [1.82, 2.24) is 16.2 Å². The molecule has 0 spiro atoms. The van der Waals surface area contributed by atoms with E-state index in [1.54, 1.807) is 12.1 Å². The van der Waals surface area contributed by atoms with Gasteiger partial charge in [-0.2, -0.15) is 0 Å². The smallest absolute Gasteiger partial charge is 0.293 e. The maximum atomic E-state index is 11.8. The second-order valence-corrected chi connectivity index (χ2v) is 6.46. The first-order valence-electron chi connectivity index (χ1n) is 6.58. The molecule has 1 aromatic heterocycles. The summed E-state index contributed by atoms with van der Waals surface area (Å²) in [5.74, 6) is -0.742. The highest BCUT2D eigenvalue weighted by Gasteiger charge is 2.12. The maximum Gasteiger partial charge on any atom is 0.293 e. The summed E-state index contributed by atoms with van der Waals surface area (Å²) in [7, 11) is 0. The molecule has 3 N–H and O–H groups in total. The van der Waals surface area contributed by atoms with E-state index in [1.165, 1.54) is 18.2 Å². The molecule has 1 aromatic carbocycles. The van der Waals surface area contributed by atoms with Crippen LogP contribution in [0.3, 0.4) is 0 Å². The Morgan fingerprint density at radius 1 is 1.20 bits per heavy atom. The zero-order valence-electron chi connectivity index (χ0n) is 12.3.